The Morgan fingerprint density at radius 2 is 1.91 bits per heavy atom. The third kappa shape index (κ3) is 2.93. The second kappa shape index (κ2) is 6.62. The first-order valence-corrected chi connectivity index (χ1v) is 8.07. The molecule has 23 heavy (non-hydrogen) atoms. The summed E-state index contributed by atoms with van der Waals surface area (Å²) < 4.78 is 10.5. The zero-order valence-corrected chi connectivity index (χ0v) is 13.7. The summed E-state index contributed by atoms with van der Waals surface area (Å²) in [5.41, 5.74) is 2.83. The zero-order valence-electron chi connectivity index (χ0n) is 13.7. The third-order valence-corrected chi connectivity index (χ3v) is 4.73. The average molecular weight is 317 g/mol. The molecule has 1 aromatic rings. The molecule has 1 aromatic carbocycles. The number of hydrogen-bond acceptors (Lipinski definition) is 4. The fraction of sp³-hybridized carbons (Fsp3) is 0.500. The molecule has 0 bridgehead atoms. The van der Waals surface area contributed by atoms with E-state index in [-0.39, 0.29) is 5.91 Å². The number of aliphatic hydroxyl groups is 1. The van der Waals surface area contributed by atoms with E-state index < -0.39 is 6.23 Å². The Morgan fingerprint density at radius 3 is 2.61 bits per heavy atom. The second-order valence-electron chi connectivity index (χ2n) is 6.02. The highest BCUT2D eigenvalue weighted by Gasteiger charge is 2.38. The van der Waals surface area contributed by atoms with Crippen LogP contribution in [0.2, 0.25) is 0 Å². The molecule has 0 radical (unpaired) electrons. The van der Waals surface area contributed by atoms with E-state index in [1.54, 1.807) is 19.1 Å². The van der Waals surface area contributed by atoms with Crippen molar-refractivity contribution in [3.05, 3.63) is 34.9 Å². The minimum atomic E-state index is -0.738. The van der Waals surface area contributed by atoms with Crippen molar-refractivity contribution in [3.8, 4) is 11.5 Å². The van der Waals surface area contributed by atoms with Gasteiger partial charge in [-0.3, -0.25) is 4.79 Å². The van der Waals surface area contributed by atoms with Gasteiger partial charge in [0.05, 0.1) is 14.2 Å². The van der Waals surface area contributed by atoms with Gasteiger partial charge < -0.3 is 19.5 Å². The van der Waals surface area contributed by atoms with Crippen LogP contribution < -0.4 is 9.47 Å². The molecule has 5 nitrogen and oxygen atoms in total. The Labute approximate surface area is 136 Å². The molecule has 1 aliphatic heterocycles. The summed E-state index contributed by atoms with van der Waals surface area (Å²) in [7, 11) is 3.21. The van der Waals surface area contributed by atoms with Crippen LogP contribution in [-0.4, -0.2) is 42.9 Å². The van der Waals surface area contributed by atoms with Gasteiger partial charge in [-0.15, -0.1) is 0 Å². The van der Waals surface area contributed by atoms with E-state index in [0.29, 0.717) is 24.5 Å². The number of benzene rings is 1. The van der Waals surface area contributed by atoms with Crippen molar-refractivity contribution in [2.75, 3.05) is 20.8 Å². The van der Waals surface area contributed by atoms with E-state index >= 15 is 0 Å². The Morgan fingerprint density at radius 1 is 1.17 bits per heavy atom. The number of aliphatic hydroxyl groups excluding tert-OH is 1. The maximum atomic E-state index is 12.5. The van der Waals surface area contributed by atoms with Crippen molar-refractivity contribution >= 4 is 5.91 Å². The van der Waals surface area contributed by atoms with Crippen molar-refractivity contribution < 1.29 is 19.4 Å². The van der Waals surface area contributed by atoms with Crippen molar-refractivity contribution in [2.24, 2.45) is 0 Å². The second-order valence-corrected chi connectivity index (χ2v) is 6.02. The molecular weight excluding hydrogens is 294 g/mol. The lowest BCUT2D eigenvalue weighted by Gasteiger charge is -2.23. The predicted octanol–water partition coefficient (Wildman–Crippen LogP) is 2.28. The van der Waals surface area contributed by atoms with Crippen LogP contribution in [0.4, 0.5) is 0 Å². The van der Waals surface area contributed by atoms with Gasteiger partial charge in [-0.1, -0.05) is 6.07 Å². The quantitative estimate of drug-likeness (QED) is 0.905. The topological polar surface area (TPSA) is 59.0 Å². The van der Waals surface area contributed by atoms with Crippen LogP contribution in [0, 0.1) is 0 Å². The number of nitrogens with zero attached hydrogens (tertiary/aromatic N) is 1. The number of amides is 1. The first kappa shape index (κ1) is 15.9. The summed E-state index contributed by atoms with van der Waals surface area (Å²) in [6, 6.07) is 5.74. The van der Waals surface area contributed by atoms with E-state index in [1.165, 1.54) is 0 Å². The molecule has 1 aliphatic carbocycles. The van der Waals surface area contributed by atoms with Gasteiger partial charge in [0.25, 0.3) is 5.91 Å². The number of carbonyl (C=O) groups excluding carboxylic acids is 1. The summed E-state index contributed by atoms with van der Waals surface area (Å²) in [5, 5.41) is 10.4. The van der Waals surface area contributed by atoms with Gasteiger partial charge in [0.1, 0.15) is 0 Å². The van der Waals surface area contributed by atoms with E-state index in [0.717, 1.165) is 42.4 Å². The Kier molecular flexibility index (Phi) is 4.57. The molecule has 5 heteroatoms. The van der Waals surface area contributed by atoms with E-state index in [9.17, 15) is 9.90 Å². The highest BCUT2D eigenvalue weighted by Crippen LogP contribution is 2.35. The molecule has 3 rings (SSSR count). The molecule has 124 valence electrons. The Bertz CT molecular complexity index is 638. The van der Waals surface area contributed by atoms with Crippen molar-refractivity contribution in [1.29, 1.82) is 0 Å². The number of ether oxygens (including phenoxy) is 2. The summed E-state index contributed by atoms with van der Waals surface area (Å²) in [5.74, 6) is 1.37. The lowest BCUT2D eigenvalue weighted by Crippen LogP contribution is -2.37. The maximum Gasteiger partial charge on any atom is 0.252 e. The molecule has 0 saturated carbocycles. The smallest absolute Gasteiger partial charge is 0.252 e. The largest absolute Gasteiger partial charge is 0.493 e. The van der Waals surface area contributed by atoms with E-state index in [2.05, 4.69) is 0 Å². The van der Waals surface area contributed by atoms with Gasteiger partial charge in [0, 0.05) is 12.1 Å². The summed E-state index contributed by atoms with van der Waals surface area (Å²) >= 11 is 0. The summed E-state index contributed by atoms with van der Waals surface area (Å²) in [4.78, 5) is 14.0. The van der Waals surface area contributed by atoms with Crippen LogP contribution in [0.5, 0.6) is 11.5 Å². The van der Waals surface area contributed by atoms with Crippen LogP contribution in [0.3, 0.4) is 0 Å². The molecule has 1 amide bonds. The first-order valence-electron chi connectivity index (χ1n) is 8.07. The number of carbonyl (C=O) groups is 1. The lowest BCUT2D eigenvalue weighted by atomic mass is 9.93. The minimum Gasteiger partial charge on any atom is -0.493 e. The van der Waals surface area contributed by atoms with E-state index in [1.807, 2.05) is 18.2 Å². The van der Waals surface area contributed by atoms with Crippen LogP contribution in [0.1, 0.15) is 31.2 Å². The molecule has 0 saturated heterocycles. The number of hydrogen-bond donors (Lipinski definition) is 1. The van der Waals surface area contributed by atoms with Gasteiger partial charge >= 0.3 is 0 Å². The van der Waals surface area contributed by atoms with Crippen molar-refractivity contribution in [3.63, 3.8) is 0 Å². The highest BCUT2D eigenvalue weighted by atomic mass is 16.5. The van der Waals surface area contributed by atoms with Crippen LogP contribution >= 0.6 is 0 Å². The van der Waals surface area contributed by atoms with Crippen molar-refractivity contribution in [2.45, 2.75) is 38.3 Å². The molecule has 0 fully saturated rings. The monoisotopic (exact) mass is 317 g/mol. The molecule has 0 spiro atoms. The molecular formula is C18H23NO4. The van der Waals surface area contributed by atoms with Gasteiger partial charge in [0.15, 0.2) is 17.7 Å². The molecule has 0 aromatic heterocycles. The van der Waals surface area contributed by atoms with Crippen LogP contribution in [0.25, 0.3) is 0 Å². The molecule has 1 heterocycles. The Balaban J connectivity index is 1.68. The molecule has 1 N–H and O–H groups in total. The van der Waals surface area contributed by atoms with Gasteiger partial charge in [-0.25, -0.2) is 0 Å². The fourth-order valence-electron chi connectivity index (χ4n) is 3.44. The average Bonchev–Trinajstić information content (AvgIpc) is 2.84. The lowest BCUT2D eigenvalue weighted by molar-refractivity contribution is -0.131. The SMILES string of the molecule is COc1ccc(CCN2C(=O)C3=C(CCCC3)[C@H]2O)cc1OC. The number of rotatable bonds is 5. The molecule has 2 aliphatic rings. The van der Waals surface area contributed by atoms with Crippen LogP contribution in [0.15, 0.2) is 29.3 Å². The standard InChI is InChI=1S/C18H23NO4/c1-22-15-8-7-12(11-16(15)23-2)9-10-19-17(20)13-5-3-4-6-14(13)18(19)21/h7-8,11,17,20H,3-6,9-10H2,1-2H3/t17-/m1/s1. The normalized spacial score (nSPS) is 20.7. The van der Waals surface area contributed by atoms with Crippen molar-refractivity contribution in [1.82, 2.24) is 4.90 Å². The first-order chi connectivity index (χ1) is 11.2. The minimum absolute atomic E-state index is 0.00711. The highest BCUT2D eigenvalue weighted by molar-refractivity contribution is 5.97. The summed E-state index contributed by atoms with van der Waals surface area (Å²) in [6.07, 6.45) is 3.68. The maximum absolute atomic E-state index is 12.5. The summed E-state index contributed by atoms with van der Waals surface area (Å²) in [6.45, 7) is 0.502. The molecule has 1 atom stereocenters. The van der Waals surface area contributed by atoms with E-state index in [4.69, 9.17) is 9.47 Å². The third-order valence-electron chi connectivity index (χ3n) is 4.73. The van der Waals surface area contributed by atoms with Gasteiger partial charge in [-0.2, -0.15) is 0 Å². The fourth-order valence-corrected chi connectivity index (χ4v) is 3.44. The number of methoxy groups -OCH3 is 2. The predicted molar refractivity (Wildman–Crippen MR) is 86.5 cm³/mol. The zero-order chi connectivity index (χ0) is 16.4. The van der Waals surface area contributed by atoms with Gasteiger partial charge in [0.2, 0.25) is 0 Å². The van der Waals surface area contributed by atoms with Gasteiger partial charge in [-0.05, 0) is 55.4 Å². The Hall–Kier alpha value is -2.01. The molecule has 0 unspecified atom stereocenters. The van der Waals surface area contributed by atoms with Crippen LogP contribution in [-0.2, 0) is 11.2 Å².